The maximum absolute atomic E-state index is 15.0. The molecule has 4 N–H and O–H groups in total. The van der Waals surface area contributed by atoms with Gasteiger partial charge in [-0.05, 0) is 36.8 Å². The van der Waals surface area contributed by atoms with Crippen molar-refractivity contribution in [2.75, 3.05) is 19.0 Å². The maximum atomic E-state index is 15.0. The number of allylic oxidation sites excluding steroid dienone is 3. The number of nitrogens with zero attached hydrogens (tertiary/aromatic N) is 3. The molecular formula is C24H34BFN6O. The number of amidine groups is 1. The second kappa shape index (κ2) is 11.2. The van der Waals surface area contributed by atoms with Crippen molar-refractivity contribution in [2.24, 2.45) is 10.7 Å². The van der Waals surface area contributed by atoms with E-state index < -0.39 is 5.83 Å². The molecule has 0 radical (unpaired) electrons. The summed E-state index contributed by atoms with van der Waals surface area (Å²) in [5.41, 5.74) is 8.70. The molecule has 1 aliphatic rings. The maximum Gasteiger partial charge on any atom is 0.165 e. The molecule has 0 spiro atoms. The Morgan fingerprint density at radius 1 is 1.42 bits per heavy atom. The predicted octanol–water partition coefficient (Wildman–Crippen LogP) is 3.63. The zero-order chi connectivity index (χ0) is 24.0. The van der Waals surface area contributed by atoms with Crippen LogP contribution in [0, 0.1) is 0 Å². The van der Waals surface area contributed by atoms with E-state index in [9.17, 15) is 0 Å². The van der Waals surface area contributed by atoms with Gasteiger partial charge in [-0.1, -0.05) is 32.2 Å². The van der Waals surface area contributed by atoms with Gasteiger partial charge >= 0.3 is 0 Å². The molecule has 33 heavy (non-hydrogen) atoms. The fourth-order valence-electron chi connectivity index (χ4n) is 3.81. The summed E-state index contributed by atoms with van der Waals surface area (Å²) in [5, 5.41) is 12.0. The van der Waals surface area contributed by atoms with Gasteiger partial charge in [-0.25, -0.2) is 9.38 Å². The molecule has 1 unspecified atom stereocenters. The Labute approximate surface area is 196 Å². The van der Waals surface area contributed by atoms with E-state index in [0.717, 1.165) is 29.4 Å². The summed E-state index contributed by atoms with van der Waals surface area (Å²) in [6.45, 7) is 9.27. The summed E-state index contributed by atoms with van der Waals surface area (Å²) in [4.78, 5) is 4.61. The SMILES string of the molecule is B[C@@H](CCC)C(C)NC1=C(F)C=C(C(=C)N)CC(Nc2ccc3c(cnn3CCOC)c2)=N1. The number of nitrogens with one attached hydrogen (secondary N) is 2. The molecule has 0 fully saturated rings. The zero-order valence-corrected chi connectivity index (χ0v) is 20.0. The lowest BCUT2D eigenvalue weighted by molar-refractivity contribution is 0.185. The average molecular weight is 452 g/mol. The number of benzene rings is 1. The Balaban J connectivity index is 1.87. The fraction of sp³-hybridized carbons (Fsp3) is 0.417. The van der Waals surface area contributed by atoms with Crippen LogP contribution in [0.5, 0.6) is 0 Å². The topological polar surface area (TPSA) is 89.5 Å². The van der Waals surface area contributed by atoms with Crippen LogP contribution in [0.15, 0.2) is 65.0 Å². The quantitative estimate of drug-likeness (QED) is 0.479. The monoisotopic (exact) mass is 452 g/mol. The minimum Gasteiger partial charge on any atom is -0.399 e. The van der Waals surface area contributed by atoms with Crippen LogP contribution in [-0.2, 0) is 11.3 Å². The third-order valence-electron chi connectivity index (χ3n) is 5.94. The van der Waals surface area contributed by atoms with E-state index in [1.165, 1.54) is 6.08 Å². The van der Waals surface area contributed by atoms with E-state index in [1.54, 1.807) is 7.11 Å². The number of methoxy groups -OCH3 is 1. The summed E-state index contributed by atoms with van der Waals surface area (Å²) >= 11 is 0. The number of aromatic nitrogens is 2. The van der Waals surface area contributed by atoms with Crippen LogP contribution in [0.1, 0.15) is 33.1 Å². The first-order valence-electron chi connectivity index (χ1n) is 11.4. The molecule has 0 aliphatic carbocycles. The summed E-state index contributed by atoms with van der Waals surface area (Å²) in [6.07, 6.45) is 5.71. The molecule has 2 aromatic rings. The number of hydrogen-bond acceptors (Lipinski definition) is 6. The van der Waals surface area contributed by atoms with Gasteiger partial charge in [0.25, 0.3) is 0 Å². The lowest BCUT2D eigenvalue weighted by Crippen LogP contribution is -2.30. The second-order valence-electron chi connectivity index (χ2n) is 8.58. The van der Waals surface area contributed by atoms with Crippen LogP contribution in [-0.4, -0.2) is 43.2 Å². The highest BCUT2D eigenvalue weighted by atomic mass is 19.1. The molecule has 0 bridgehead atoms. The first kappa shape index (κ1) is 24.6. The van der Waals surface area contributed by atoms with Crippen LogP contribution in [0.2, 0.25) is 5.82 Å². The molecule has 1 aromatic heterocycles. The Kier molecular flexibility index (Phi) is 8.33. The highest BCUT2D eigenvalue weighted by Gasteiger charge is 2.19. The van der Waals surface area contributed by atoms with Gasteiger partial charge in [-0.3, -0.25) is 4.68 Å². The molecular weight excluding hydrogens is 418 g/mol. The van der Waals surface area contributed by atoms with E-state index in [4.69, 9.17) is 10.5 Å². The van der Waals surface area contributed by atoms with Gasteiger partial charge in [-0.2, -0.15) is 5.10 Å². The molecule has 0 saturated carbocycles. The summed E-state index contributed by atoms with van der Waals surface area (Å²) in [6, 6.07) is 6.03. The molecule has 0 amide bonds. The van der Waals surface area contributed by atoms with E-state index in [-0.39, 0.29) is 11.9 Å². The van der Waals surface area contributed by atoms with Crippen LogP contribution < -0.4 is 16.4 Å². The first-order chi connectivity index (χ1) is 15.8. The highest BCUT2D eigenvalue weighted by Crippen LogP contribution is 2.25. The number of nitrogens with two attached hydrogens (primary N) is 1. The number of aliphatic imine (C=N–C) groups is 1. The Morgan fingerprint density at radius 3 is 2.91 bits per heavy atom. The second-order valence-corrected chi connectivity index (χ2v) is 8.58. The molecule has 176 valence electrons. The normalized spacial score (nSPS) is 16.1. The number of ether oxygens (including phenoxy) is 1. The highest BCUT2D eigenvalue weighted by molar-refractivity contribution is 6.12. The van der Waals surface area contributed by atoms with Crippen LogP contribution in [0.25, 0.3) is 10.9 Å². The van der Waals surface area contributed by atoms with E-state index in [2.05, 4.69) is 49.0 Å². The lowest BCUT2D eigenvalue weighted by Gasteiger charge is -2.22. The minimum absolute atomic E-state index is 0.0704. The van der Waals surface area contributed by atoms with Crippen molar-refractivity contribution in [1.29, 1.82) is 0 Å². The van der Waals surface area contributed by atoms with Crippen LogP contribution in [0.3, 0.4) is 0 Å². The van der Waals surface area contributed by atoms with Crippen molar-refractivity contribution in [3.8, 4) is 0 Å². The van der Waals surface area contributed by atoms with Crippen LogP contribution >= 0.6 is 0 Å². The average Bonchev–Trinajstić information content (AvgIpc) is 3.11. The number of halogens is 1. The number of hydrogen-bond donors (Lipinski definition) is 3. The van der Waals surface area contributed by atoms with Gasteiger partial charge < -0.3 is 21.1 Å². The molecule has 9 heteroatoms. The smallest absolute Gasteiger partial charge is 0.165 e. The van der Waals surface area contributed by atoms with Gasteiger partial charge in [0.2, 0.25) is 0 Å². The molecule has 1 aliphatic heterocycles. The van der Waals surface area contributed by atoms with Gasteiger partial charge in [-0.15, -0.1) is 0 Å². The van der Waals surface area contributed by atoms with Crippen molar-refractivity contribution in [1.82, 2.24) is 15.1 Å². The minimum atomic E-state index is -0.446. The van der Waals surface area contributed by atoms with E-state index in [0.29, 0.717) is 42.5 Å². The van der Waals surface area contributed by atoms with Crippen molar-refractivity contribution >= 4 is 30.3 Å². The van der Waals surface area contributed by atoms with Gasteiger partial charge in [0.15, 0.2) is 11.6 Å². The summed E-state index contributed by atoms with van der Waals surface area (Å²) in [5.74, 6) is 0.732. The molecule has 0 saturated heterocycles. The Morgan fingerprint density at radius 2 is 2.21 bits per heavy atom. The van der Waals surface area contributed by atoms with Crippen molar-refractivity contribution in [3.05, 3.63) is 60.0 Å². The first-order valence-corrected chi connectivity index (χ1v) is 11.4. The zero-order valence-electron chi connectivity index (χ0n) is 20.0. The van der Waals surface area contributed by atoms with E-state index in [1.807, 2.05) is 29.1 Å². The molecule has 2 heterocycles. The van der Waals surface area contributed by atoms with Crippen molar-refractivity contribution in [2.45, 2.75) is 51.5 Å². The van der Waals surface area contributed by atoms with Crippen LogP contribution in [0.4, 0.5) is 10.1 Å². The Hall–Kier alpha value is -3.07. The lowest BCUT2D eigenvalue weighted by atomic mass is 9.78. The largest absolute Gasteiger partial charge is 0.399 e. The molecule has 7 nitrogen and oxygen atoms in total. The third kappa shape index (κ3) is 6.25. The van der Waals surface area contributed by atoms with E-state index >= 15 is 4.39 Å². The van der Waals surface area contributed by atoms with Crippen molar-refractivity contribution in [3.63, 3.8) is 0 Å². The summed E-state index contributed by atoms with van der Waals surface area (Å²) in [7, 11) is 3.83. The number of anilines is 1. The third-order valence-corrected chi connectivity index (χ3v) is 5.94. The fourth-order valence-corrected chi connectivity index (χ4v) is 3.81. The number of fused-ring (bicyclic) bond motifs is 1. The van der Waals surface area contributed by atoms with Gasteiger partial charge in [0.05, 0.1) is 24.9 Å². The van der Waals surface area contributed by atoms with Crippen molar-refractivity contribution < 1.29 is 9.13 Å². The van der Waals surface area contributed by atoms with Gasteiger partial charge in [0.1, 0.15) is 13.7 Å². The van der Waals surface area contributed by atoms with Gasteiger partial charge in [0, 0.05) is 36.3 Å². The standard InChI is InChI=1S/C24H34BFN6O/c1-5-6-20(25)16(3)29-24-21(26)12-17(15(2)27)13-23(31-24)30-19-7-8-22-18(11-19)14-28-32(22)9-10-33-4/h7-8,11-12,14,16,20,29H,2,5-6,9-10,13,25,27H2,1,3-4H3,(H,30,31)/t16?,20-/m0/s1. The number of rotatable bonds is 10. The molecule has 3 rings (SSSR count). The Bertz CT molecular complexity index is 1090. The molecule has 2 atom stereocenters. The molecule has 1 aromatic carbocycles. The predicted molar refractivity (Wildman–Crippen MR) is 137 cm³/mol. The summed E-state index contributed by atoms with van der Waals surface area (Å²) < 4.78 is 22.1.